The summed E-state index contributed by atoms with van der Waals surface area (Å²) in [5.74, 6) is -1.83. The zero-order chi connectivity index (χ0) is 12.6. The lowest BCUT2D eigenvalue weighted by molar-refractivity contribution is -0.257. The number of rotatable bonds is 2. The first-order valence-electron chi connectivity index (χ1n) is 4.24. The van der Waals surface area contributed by atoms with Crippen LogP contribution in [0.3, 0.4) is 0 Å². The molecule has 0 spiro atoms. The number of hydrogen-bond acceptors (Lipinski definition) is 4. The van der Waals surface area contributed by atoms with E-state index < -0.39 is 36.0 Å². The summed E-state index contributed by atoms with van der Waals surface area (Å²) in [7, 11) is 1.15. The van der Waals surface area contributed by atoms with Crippen molar-refractivity contribution in [3.63, 3.8) is 0 Å². The molecular weight excluding hydrogens is 231 g/mol. The van der Waals surface area contributed by atoms with Gasteiger partial charge < -0.3 is 20.3 Å². The van der Waals surface area contributed by atoms with E-state index in [1.807, 2.05) is 0 Å². The van der Waals surface area contributed by atoms with E-state index in [0.29, 0.717) is 6.20 Å². The monoisotopic (exact) mass is 241 g/mol. The zero-order valence-electron chi connectivity index (χ0n) is 8.21. The second kappa shape index (κ2) is 3.95. The molecule has 92 valence electrons. The van der Waals surface area contributed by atoms with E-state index in [0.717, 1.165) is 7.11 Å². The Morgan fingerprint density at radius 2 is 2.25 bits per heavy atom. The van der Waals surface area contributed by atoms with Crippen molar-refractivity contribution in [3.8, 4) is 0 Å². The third kappa shape index (κ3) is 1.98. The molecule has 0 aromatic heterocycles. The molecule has 8 heteroatoms. The fraction of sp³-hybridized carbons (Fsp3) is 0.625. The van der Waals surface area contributed by atoms with E-state index in [-0.39, 0.29) is 0 Å². The highest BCUT2D eigenvalue weighted by molar-refractivity contribution is 5.89. The van der Waals surface area contributed by atoms with Crippen molar-refractivity contribution in [1.29, 1.82) is 0 Å². The van der Waals surface area contributed by atoms with E-state index in [2.05, 4.69) is 10.1 Å². The molecule has 3 N–H and O–H groups in total. The minimum Gasteiger partial charge on any atom is -0.478 e. The number of ether oxygens (including phenoxy) is 1. The number of methoxy groups -OCH3 is 1. The fourth-order valence-electron chi connectivity index (χ4n) is 1.39. The Kier molecular flexibility index (Phi) is 3.15. The van der Waals surface area contributed by atoms with Crippen molar-refractivity contribution >= 4 is 5.97 Å². The average Bonchev–Trinajstić information content (AvgIpc) is 2.15. The molecule has 0 aromatic rings. The molecule has 1 aliphatic rings. The molecule has 0 fully saturated rings. The quantitative estimate of drug-likeness (QED) is 0.644. The van der Waals surface area contributed by atoms with Crippen molar-refractivity contribution in [2.24, 2.45) is 0 Å². The number of aliphatic hydroxyl groups is 1. The normalized spacial score (nSPS) is 30.6. The van der Waals surface area contributed by atoms with Crippen molar-refractivity contribution in [1.82, 2.24) is 5.32 Å². The largest absolute Gasteiger partial charge is 0.478 e. The van der Waals surface area contributed by atoms with Gasteiger partial charge in [-0.25, -0.2) is 4.79 Å². The summed E-state index contributed by atoms with van der Waals surface area (Å²) in [5, 5.41) is 20.3. The van der Waals surface area contributed by atoms with Gasteiger partial charge in [0.2, 0.25) is 0 Å². The molecule has 1 aliphatic heterocycles. The fourth-order valence-corrected chi connectivity index (χ4v) is 1.39. The molecule has 0 radical (unpaired) electrons. The Balaban J connectivity index is 3.16. The minimum absolute atomic E-state index is 0.605. The van der Waals surface area contributed by atoms with Crippen LogP contribution in [0, 0.1) is 0 Å². The molecule has 1 heterocycles. The van der Waals surface area contributed by atoms with Gasteiger partial charge in [0, 0.05) is 19.7 Å². The maximum Gasteiger partial charge on any atom is 0.421 e. The SMILES string of the molecule is COC1CC(O)(C(F)(F)F)C(C(=O)O)=CN1. The number of carbonyl (C=O) groups is 1. The summed E-state index contributed by atoms with van der Waals surface area (Å²) in [5.41, 5.74) is -4.54. The number of carboxylic acids is 1. The van der Waals surface area contributed by atoms with Crippen LogP contribution >= 0.6 is 0 Å². The standard InChI is InChI=1S/C8H10F3NO4/c1-16-5-2-7(15,8(9,10)11)4(3-12-5)6(13)14/h3,5,12,15H,2H2,1H3,(H,13,14). The summed E-state index contributed by atoms with van der Waals surface area (Å²) in [6.07, 6.45) is -6.47. The van der Waals surface area contributed by atoms with E-state index >= 15 is 0 Å². The number of nitrogens with one attached hydrogen (secondary N) is 1. The molecule has 0 bridgehead atoms. The van der Waals surface area contributed by atoms with Gasteiger partial charge in [-0.05, 0) is 0 Å². The molecular formula is C8H10F3NO4. The summed E-state index contributed by atoms with van der Waals surface area (Å²) in [4.78, 5) is 10.6. The van der Waals surface area contributed by atoms with Crippen molar-refractivity contribution in [3.05, 3.63) is 11.8 Å². The smallest absolute Gasteiger partial charge is 0.421 e. The van der Waals surface area contributed by atoms with Gasteiger partial charge >= 0.3 is 12.1 Å². The molecule has 2 unspecified atom stereocenters. The maximum absolute atomic E-state index is 12.6. The highest BCUT2D eigenvalue weighted by atomic mass is 19.4. The van der Waals surface area contributed by atoms with Gasteiger partial charge in [-0.2, -0.15) is 13.2 Å². The van der Waals surface area contributed by atoms with Crippen LogP contribution in [0.1, 0.15) is 6.42 Å². The first kappa shape index (κ1) is 12.8. The third-order valence-corrected chi connectivity index (χ3v) is 2.32. The van der Waals surface area contributed by atoms with Crippen LogP contribution < -0.4 is 5.32 Å². The molecule has 1 rings (SSSR count). The third-order valence-electron chi connectivity index (χ3n) is 2.32. The Morgan fingerprint density at radius 1 is 1.69 bits per heavy atom. The molecule has 2 atom stereocenters. The van der Waals surface area contributed by atoms with Gasteiger partial charge in [0.1, 0.15) is 6.23 Å². The van der Waals surface area contributed by atoms with Crippen molar-refractivity contribution < 1.29 is 32.9 Å². The molecule has 0 amide bonds. The Morgan fingerprint density at radius 3 is 2.62 bits per heavy atom. The summed E-state index contributed by atoms with van der Waals surface area (Å²) in [6.45, 7) is 0. The number of halogens is 3. The van der Waals surface area contributed by atoms with Crippen molar-refractivity contribution in [2.45, 2.75) is 24.4 Å². The van der Waals surface area contributed by atoms with Gasteiger partial charge in [-0.1, -0.05) is 0 Å². The van der Waals surface area contributed by atoms with Gasteiger partial charge in [0.15, 0.2) is 5.60 Å². The number of hydrogen-bond donors (Lipinski definition) is 3. The zero-order valence-corrected chi connectivity index (χ0v) is 8.21. The van der Waals surface area contributed by atoms with Crippen LogP contribution in [0.25, 0.3) is 0 Å². The maximum atomic E-state index is 12.6. The number of carboxylic acid groups (broad SMARTS) is 1. The lowest BCUT2D eigenvalue weighted by Crippen LogP contribution is -2.56. The van der Waals surface area contributed by atoms with E-state index in [9.17, 15) is 23.1 Å². The molecule has 0 saturated carbocycles. The Hall–Kier alpha value is -1.28. The Labute approximate surface area is 88.5 Å². The van der Waals surface area contributed by atoms with E-state index in [1.165, 1.54) is 0 Å². The van der Waals surface area contributed by atoms with Crippen LogP contribution in [0.2, 0.25) is 0 Å². The lowest BCUT2D eigenvalue weighted by Gasteiger charge is -2.37. The molecule has 0 saturated heterocycles. The highest BCUT2D eigenvalue weighted by Gasteiger charge is 2.60. The van der Waals surface area contributed by atoms with E-state index in [1.54, 1.807) is 0 Å². The summed E-state index contributed by atoms with van der Waals surface area (Å²) >= 11 is 0. The first-order chi connectivity index (χ1) is 7.22. The minimum atomic E-state index is -5.07. The van der Waals surface area contributed by atoms with Crippen molar-refractivity contribution in [2.75, 3.05) is 7.11 Å². The van der Waals surface area contributed by atoms with Crippen LogP contribution in [0.15, 0.2) is 11.8 Å². The first-order valence-corrected chi connectivity index (χ1v) is 4.24. The molecule has 0 aromatic carbocycles. The second-order valence-electron chi connectivity index (χ2n) is 3.32. The highest BCUT2D eigenvalue weighted by Crippen LogP contribution is 2.41. The summed E-state index contributed by atoms with van der Waals surface area (Å²) < 4.78 is 42.4. The van der Waals surface area contributed by atoms with Crippen LogP contribution in [-0.2, 0) is 9.53 Å². The molecule has 0 aliphatic carbocycles. The lowest BCUT2D eigenvalue weighted by atomic mass is 9.87. The summed E-state index contributed by atoms with van der Waals surface area (Å²) in [6, 6.07) is 0. The van der Waals surface area contributed by atoms with Gasteiger partial charge in [0.05, 0.1) is 5.57 Å². The van der Waals surface area contributed by atoms with Gasteiger partial charge in [-0.15, -0.1) is 0 Å². The molecule has 16 heavy (non-hydrogen) atoms. The van der Waals surface area contributed by atoms with Crippen LogP contribution in [-0.4, -0.2) is 41.3 Å². The predicted molar refractivity (Wildman–Crippen MR) is 45.3 cm³/mol. The van der Waals surface area contributed by atoms with E-state index in [4.69, 9.17) is 5.11 Å². The predicted octanol–water partition coefficient (Wildman–Crippen LogP) is 0.214. The second-order valence-corrected chi connectivity index (χ2v) is 3.32. The molecule has 5 nitrogen and oxygen atoms in total. The van der Waals surface area contributed by atoms with Gasteiger partial charge in [-0.3, -0.25) is 0 Å². The average molecular weight is 241 g/mol. The van der Waals surface area contributed by atoms with Crippen LogP contribution in [0.4, 0.5) is 13.2 Å². The number of aliphatic carboxylic acids is 1. The Bertz CT molecular complexity index is 328. The topological polar surface area (TPSA) is 78.8 Å². The van der Waals surface area contributed by atoms with Crippen LogP contribution in [0.5, 0.6) is 0 Å². The number of alkyl halides is 3. The van der Waals surface area contributed by atoms with Gasteiger partial charge in [0.25, 0.3) is 0 Å².